The van der Waals surface area contributed by atoms with Gasteiger partial charge in [0.15, 0.2) is 0 Å². The van der Waals surface area contributed by atoms with Crippen molar-refractivity contribution in [2.24, 2.45) is 0 Å². The van der Waals surface area contributed by atoms with Crippen LogP contribution in [0.5, 0.6) is 0 Å². The number of benzene rings is 1. The van der Waals surface area contributed by atoms with Gasteiger partial charge in [-0.2, -0.15) is 0 Å². The molecular weight excluding hydrogens is 336 g/mol. The molecule has 0 radical (unpaired) electrons. The van der Waals surface area contributed by atoms with Crippen molar-refractivity contribution in [3.05, 3.63) is 82.7 Å². The fourth-order valence-corrected chi connectivity index (χ4v) is 3.16. The van der Waals surface area contributed by atoms with Crippen molar-refractivity contribution >= 4 is 0 Å². The Labute approximate surface area is 160 Å². The molecule has 0 aliphatic heterocycles. The van der Waals surface area contributed by atoms with Crippen molar-refractivity contribution in [1.29, 1.82) is 0 Å². The van der Waals surface area contributed by atoms with E-state index in [1.807, 2.05) is 29.8 Å². The molecule has 0 bridgehead atoms. The summed E-state index contributed by atoms with van der Waals surface area (Å²) in [5.74, 6) is 0.862. The van der Waals surface area contributed by atoms with Crippen molar-refractivity contribution in [1.82, 2.24) is 19.9 Å². The maximum atomic E-state index is 12.7. The topological polar surface area (TPSA) is 59.8 Å². The Bertz CT molecular complexity index is 891. The first-order valence-corrected chi connectivity index (χ1v) is 9.47. The molecule has 1 aromatic carbocycles. The predicted molar refractivity (Wildman–Crippen MR) is 109 cm³/mol. The Balaban J connectivity index is 1.82. The second kappa shape index (κ2) is 9.78. The lowest BCUT2D eigenvalue weighted by molar-refractivity contribution is 0.555. The summed E-state index contributed by atoms with van der Waals surface area (Å²) in [7, 11) is 1.92. The van der Waals surface area contributed by atoms with E-state index < -0.39 is 0 Å². The molecule has 0 unspecified atom stereocenters. The van der Waals surface area contributed by atoms with Gasteiger partial charge >= 0.3 is 0 Å². The first kappa shape index (κ1) is 19.0. The summed E-state index contributed by atoms with van der Waals surface area (Å²) < 4.78 is 1.83. The molecule has 2 heterocycles. The highest BCUT2D eigenvalue weighted by atomic mass is 16.1. The smallest absolute Gasteiger partial charge is 0.254 e. The van der Waals surface area contributed by atoms with E-state index >= 15 is 0 Å². The summed E-state index contributed by atoms with van der Waals surface area (Å²) in [5.41, 5.74) is 2.98. The Kier molecular flexibility index (Phi) is 6.88. The van der Waals surface area contributed by atoms with Gasteiger partial charge in [-0.05, 0) is 50.6 Å². The van der Waals surface area contributed by atoms with E-state index in [9.17, 15) is 4.79 Å². The van der Waals surface area contributed by atoms with Crippen LogP contribution in [0.2, 0.25) is 0 Å². The lowest BCUT2D eigenvalue weighted by atomic mass is 10.1. The molecule has 3 aromatic rings. The third-order valence-corrected chi connectivity index (χ3v) is 4.58. The van der Waals surface area contributed by atoms with E-state index in [4.69, 9.17) is 4.98 Å². The highest BCUT2D eigenvalue weighted by Crippen LogP contribution is 2.15. The lowest BCUT2D eigenvalue weighted by Crippen LogP contribution is -2.26. The standard InChI is InChI=1S/C22H26N4O/c1-23-13-6-16-26-21(10-5-9-18-7-3-2-4-8-18)25-20(17-22(26)27)19-11-14-24-15-12-19/h2-4,7-8,11-12,14-15,17,23H,5-6,9-10,13,16H2,1H3. The first-order valence-electron chi connectivity index (χ1n) is 9.47. The van der Waals surface area contributed by atoms with Gasteiger partial charge in [0.05, 0.1) is 5.69 Å². The summed E-state index contributed by atoms with van der Waals surface area (Å²) in [6.07, 6.45) is 7.07. The van der Waals surface area contributed by atoms with E-state index in [0.717, 1.165) is 49.3 Å². The molecule has 0 fully saturated rings. The number of hydrogen-bond acceptors (Lipinski definition) is 4. The first-order chi connectivity index (χ1) is 13.3. The second-order valence-corrected chi connectivity index (χ2v) is 6.58. The molecule has 0 saturated heterocycles. The minimum atomic E-state index is 0.0163. The average Bonchev–Trinajstić information content (AvgIpc) is 2.71. The van der Waals surface area contributed by atoms with Crippen LogP contribution in [0.3, 0.4) is 0 Å². The largest absolute Gasteiger partial charge is 0.320 e. The zero-order chi connectivity index (χ0) is 18.9. The summed E-state index contributed by atoms with van der Waals surface area (Å²) in [6, 6.07) is 15.8. The van der Waals surface area contributed by atoms with E-state index in [2.05, 4.69) is 34.6 Å². The average molecular weight is 362 g/mol. The molecule has 5 nitrogen and oxygen atoms in total. The summed E-state index contributed by atoms with van der Waals surface area (Å²) in [6.45, 7) is 1.56. The molecule has 0 atom stereocenters. The summed E-state index contributed by atoms with van der Waals surface area (Å²) >= 11 is 0. The Hall–Kier alpha value is -2.79. The summed E-state index contributed by atoms with van der Waals surface area (Å²) in [5, 5.41) is 3.14. The Morgan fingerprint density at radius 2 is 1.78 bits per heavy atom. The van der Waals surface area contributed by atoms with E-state index in [1.165, 1.54) is 5.56 Å². The van der Waals surface area contributed by atoms with E-state index in [1.54, 1.807) is 18.5 Å². The van der Waals surface area contributed by atoms with Crippen molar-refractivity contribution in [2.45, 2.75) is 32.2 Å². The third kappa shape index (κ3) is 5.34. The van der Waals surface area contributed by atoms with Gasteiger partial charge in [0.25, 0.3) is 5.56 Å². The van der Waals surface area contributed by atoms with Crippen molar-refractivity contribution in [3.63, 3.8) is 0 Å². The number of nitrogens with zero attached hydrogens (tertiary/aromatic N) is 3. The quantitative estimate of drug-likeness (QED) is 0.594. The predicted octanol–water partition coefficient (Wildman–Crippen LogP) is 3.09. The molecule has 5 heteroatoms. The molecule has 140 valence electrons. The molecule has 0 saturated carbocycles. The van der Waals surface area contributed by atoms with Gasteiger partial charge in [-0.15, -0.1) is 0 Å². The zero-order valence-electron chi connectivity index (χ0n) is 15.8. The van der Waals surface area contributed by atoms with Crippen LogP contribution < -0.4 is 10.9 Å². The minimum Gasteiger partial charge on any atom is -0.320 e. The third-order valence-electron chi connectivity index (χ3n) is 4.58. The van der Waals surface area contributed by atoms with Crippen LogP contribution >= 0.6 is 0 Å². The Morgan fingerprint density at radius 1 is 1.00 bits per heavy atom. The van der Waals surface area contributed by atoms with Crippen LogP contribution in [0.4, 0.5) is 0 Å². The van der Waals surface area contributed by atoms with Crippen LogP contribution in [-0.2, 0) is 19.4 Å². The van der Waals surface area contributed by atoms with Gasteiger partial charge in [-0.25, -0.2) is 4.98 Å². The maximum absolute atomic E-state index is 12.7. The fraction of sp³-hybridized carbons (Fsp3) is 0.318. The molecule has 0 aliphatic rings. The van der Waals surface area contributed by atoms with Crippen LogP contribution in [-0.4, -0.2) is 28.1 Å². The van der Waals surface area contributed by atoms with E-state index in [-0.39, 0.29) is 5.56 Å². The fourth-order valence-electron chi connectivity index (χ4n) is 3.16. The molecule has 27 heavy (non-hydrogen) atoms. The highest BCUT2D eigenvalue weighted by Gasteiger charge is 2.10. The molecule has 0 spiro atoms. The van der Waals surface area contributed by atoms with Crippen molar-refractivity contribution in [2.75, 3.05) is 13.6 Å². The van der Waals surface area contributed by atoms with Crippen LogP contribution in [0, 0.1) is 0 Å². The normalized spacial score (nSPS) is 10.9. The maximum Gasteiger partial charge on any atom is 0.254 e. The van der Waals surface area contributed by atoms with Gasteiger partial charge < -0.3 is 5.32 Å². The number of rotatable bonds is 9. The Morgan fingerprint density at radius 3 is 2.52 bits per heavy atom. The monoisotopic (exact) mass is 362 g/mol. The summed E-state index contributed by atoms with van der Waals surface area (Å²) in [4.78, 5) is 21.6. The number of pyridine rings is 1. The van der Waals surface area contributed by atoms with Gasteiger partial charge in [0, 0.05) is 37.0 Å². The molecule has 3 rings (SSSR count). The SMILES string of the molecule is CNCCCn1c(CCCc2ccccc2)nc(-c2ccncc2)cc1=O. The number of hydrogen-bond donors (Lipinski definition) is 1. The van der Waals surface area contributed by atoms with Crippen LogP contribution in [0.1, 0.15) is 24.2 Å². The van der Waals surface area contributed by atoms with Crippen molar-refractivity contribution in [3.8, 4) is 11.3 Å². The van der Waals surface area contributed by atoms with Crippen LogP contribution in [0.15, 0.2) is 65.7 Å². The number of aryl methyl sites for hydroxylation is 2. The molecule has 0 amide bonds. The van der Waals surface area contributed by atoms with Gasteiger partial charge in [0.2, 0.25) is 0 Å². The van der Waals surface area contributed by atoms with Gasteiger partial charge in [0.1, 0.15) is 5.82 Å². The van der Waals surface area contributed by atoms with E-state index in [0.29, 0.717) is 6.54 Å². The zero-order valence-corrected chi connectivity index (χ0v) is 15.8. The number of aromatic nitrogens is 3. The van der Waals surface area contributed by atoms with Gasteiger partial charge in [-0.1, -0.05) is 30.3 Å². The molecular formula is C22H26N4O. The van der Waals surface area contributed by atoms with Crippen LogP contribution in [0.25, 0.3) is 11.3 Å². The van der Waals surface area contributed by atoms with Crippen molar-refractivity contribution < 1.29 is 0 Å². The number of nitrogens with one attached hydrogen (secondary N) is 1. The van der Waals surface area contributed by atoms with Gasteiger partial charge in [-0.3, -0.25) is 14.3 Å². The molecule has 2 aromatic heterocycles. The minimum absolute atomic E-state index is 0.0163. The lowest BCUT2D eigenvalue weighted by Gasteiger charge is -2.14. The highest BCUT2D eigenvalue weighted by molar-refractivity contribution is 5.57. The molecule has 0 aliphatic carbocycles. The second-order valence-electron chi connectivity index (χ2n) is 6.58. The molecule has 1 N–H and O–H groups in total.